The maximum Gasteiger partial charge on any atom is 0.255 e. The predicted octanol–water partition coefficient (Wildman–Crippen LogP) is 4.18. The van der Waals surface area contributed by atoms with Crippen LogP contribution in [0, 0.1) is 5.82 Å². The summed E-state index contributed by atoms with van der Waals surface area (Å²) in [6, 6.07) is 21.2. The molecule has 0 saturated carbocycles. The average molecular weight is 427 g/mol. The Morgan fingerprint density at radius 3 is 2.50 bits per heavy atom. The van der Waals surface area contributed by atoms with Gasteiger partial charge in [-0.15, -0.1) is 0 Å². The summed E-state index contributed by atoms with van der Waals surface area (Å²) >= 11 is 0. The summed E-state index contributed by atoms with van der Waals surface area (Å²) in [5.41, 5.74) is 4.38. The van der Waals surface area contributed by atoms with Crippen molar-refractivity contribution in [1.29, 1.82) is 0 Å². The first-order chi connectivity index (χ1) is 15.5. The van der Waals surface area contributed by atoms with Crippen LogP contribution in [0.3, 0.4) is 0 Å². The summed E-state index contributed by atoms with van der Waals surface area (Å²) in [7, 11) is 1.98. The third-order valence-corrected chi connectivity index (χ3v) is 6.00. The number of nitrogens with zero attached hydrogens (tertiary/aromatic N) is 2. The van der Waals surface area contributed by atoms with Gasteiger partial charge in [0, 0.05) is 41.8 Å². The fourth-order valence-electron chi connectivity index (χ4n) is 4.47. The first-order valence-electron chi connectivity index (χ1n) is 10.5. The molecule has 1 atom stereocenters. The Kier molecular flexibility index (Phi) is 4.98. The van der Waals surface area contributed by atoms with Gasteiger partial charge in [0.15, 0.2) is 0 Å². The molecule has 2 amide bonds. The van der Waals surface area contributed by atoms with Crippen LogP contribution < -0.4 is 5.32 Å². The zero-order valence-corrected chi connectivity index (χ0v) is 17.6. The lowest BCUT2D eigenvalue weighted by atomic mass is 9.97. The highest BCUT2D eigenvalue weighted by Crippen LogP contribution is 2.41. The third-order valence-electron chi connectivity index (χ3n) is 6.00. The lowest BCUT2D eigenvalue weighted by Gasteiger charge is -2.25. The molecule has 1 N–H and O–H groups in total. The smallest absolute Gasteiger partial charge is 0.255 e. The van der Waals surface area contributed by atoms with Gasteiger partial charge in [0.2, 0.25) is 5.91 Å². The largest absolute Gasteiger partial charge is 0.350 e. The molecule has 0 aliphatic carbocycles. The van der Waals surface area contributed by atoms with Crippen LogP contribution >= 0.6 is 0 Å². The van der Waals surface area contributed by atoms with Crippen LogP contribution in [-0.4, -0.2) is 27.8 Å². The van der Waals surface area contributed by atoms with Crippen molar-refractivity contribution in [3.05, 3.63) is 107 Å². The molecule has 0 saturated heterocycles. The van der Waals surface area contributed by atoms with Crippen molar-refractivity contribution >= 4 is 22.7 Å². The van der Waals surface area contributed by atoms with E-state index in [0.717, 1.165) is 27.6 Å². The number of aryl methyl sites for hydroxylation is 1. The van der Waals surface area contributed by atoms with Gasteiger partial charge in [-0.1, -0.05) is 48.5 Å². The molecule has 0 fully saturated rings. The topological polar surface area (TPSA) is 54.3 Å². The summed E-state index contributed by atoms with van der Waals surface area (Å²) in [6.45, 7) is 0.204. The third kappa shape index (κ3) is 3.43. The Morgan fingerprint density at radius 2 is 1.69 bits per heavy atom. The molecule has 1 aliphatic rings. The van der Waals surface area contributed by atoms with E-state index < -0.39 is 0 Å². The zero-order valence-electron chi connectivity index (χ0n) is 17.6. The van der Waals surface area contributed by atoms with Crippen molar-refractivity contribution in [2.24, 2.45) is 7.05 Å². The van der Waals surface area contributed by atoms with Gasteiger partial charge in [-0.3, -0.25) is 9.59 Å². The van der Waals surface area contributed by atoms with E-state index in [2.05, 4.69) is 5.32 Å². The predicted molar refractivity (Wildman–Crippen MR) is 120 cm³/mol. The Hall–Kier alpha value is -3.93. The second-order valence-electron chi connectivity index (χ2n) is 8.04. The van der Waals surface area contributed by atoms with E-state index in [9.17, 15) is 14.0 Å². The minimum Gasteiger partial charge on any atom is -0.350 e. The SMILES string of the molecule is Cn1cc([C@H]2c3ccccc3C(=O)N2CC(=O)NCc2ccc(F)cc2)c2ccccc21. The molecule has 0 bridgehead atoms. The normalized spacial score (nSPS) is 15.2. The molecule has 0 spiro atoms. The van der Waals surface area contributed by atoms with Crippen molar-refractivity contribution < 1.29 is 14.0 Å². The first-order valence-corrected chi connectivity index (χ1v) is 10.5. The van der Waals surface area contributed by atoms with Gasteiger partial charge in [-0.2, -0.15) is 0 Å². The molecule has 160 valence electrons. The second-order valence-corrected chi connectivity index (χ2v) is 8.04. The van der Waals surface area contributed by atoms with Crippen molar-refractivity contribution in [2.75, 3.05) is 6.54 Å². The molecule has 5 rings (SSSR count). The van der Waals surface area contributed by atoms with Crippen LogP contribution in [0.2, 0.25) is 0 Å². The number of halogens is 1. The van der Waals surface area contributed by atoms with Gasteiger partial charge in [0.05, 0.1) is 6.04 Å². The molecular formula is C26H22FN3O2. The highest BCUT2D eigenvalue weighted by atomic mass is 19.1. The minimum atomic E-state index is -0.346. The highest BCUT2D eigenvalue weighted by Gasteiger charge is 2.39. The Labute approximate surface area is 185 Å². The first kappa shape index (κ1) is 20.0. The molecule has 32 heavy (non-hydrogen) atoms. The number of nitrogens with one attached hydrogen (secondary N) is 1. The average Bonchev–Trinajstić information content (AvgIpc) is 3.28. The maximum absolute atomic E-state index is 13.3. The molecule has 0 radical (unpaired) electrons. The van der Waals surface area contributed by atoms with Crippen LogP contribution in [-0.2, 0) is 18.4 Å². The Balaban J connectivity index is 1.45. The molecular weight excluding hydrogens is 405 g/mol. The van der Waals surface area contributed by atoms with Crippen LogP contribution in [0.25, 0.3) is 10.9 Å². The number of aromatic nitrogens is 1. The van der Waals surface area contributed by atoms with E-state index >= 15 is 0 Å². The van der Waals surface area contributed by atoms with E-state index in [1.54, 1.807) is 17.0 Å². The van der Waals surface area contributed by atoms with Crippen LogP contribution in [0.4, 0.5) is 4.39 Å². The van der Waals surface area contributed by atoms with E-state index in [4.69, 9.17) is 0 Å². The fourth-order valence-corrected chi connectivity index (χ4v) is 4.47. The van der Waals surface area contributed by atoms with E-state index in [1.807, 2.05) is 66.3 Å². The summed E-state index contributed by atoms with van der Waals surface area (Å²) in [4.78, 5) is 27.7. The molecule has 3 aromatic carbocycles. The van der Waals surface area contributed by atoms with Gasteiger partial charge in [0.25, 0.3) is 5.91 Å². The number of amides is 2. The minimum absolute atomic E-state index is 0.0669. The quantitative estimate of drug-likeness (QED) is 0.520. The van der Waals surface area contributed by atoms with Crippen molar-refractivity contribution in [3.63, 3.8) is 0 Å². The van der Waals surface area contributed by atoms with Gasteiger partial charge < -0.3 is 14.8 Å². The molecule has 1 aromatic heterocycles. The number of benzene rings is 3. The van der Waals surface area contributed by atoms with E-state index in [1.165, 1.54) is 12.1 Å². The molecule has 0 unspecified atom stereocenters. The van der Waals surface area contributed by atoms with Gasteiger partial charge in [-0.05, 0) is 35.4 Å². The van der Waals surface area contributed by atoms with Crippen molar-refractivity contribution in [3.8, 4) is 0 Å². The number of carbonyl (C=O) groups is 2. The Bertz CT molecular complexity index is 1330. The maximum atomic E-state index is 13.3. The number of hydrogen-bond donors (Lipinski definition) is 1. The number of rotatable bonds is 5. The van der Waals surface area contributed by atoms with Gasteiger partial charge in [0.1, 0.15) is 12.4 Å². The molecule has 4 aromatic rings. The van der Waals surface area contributed by atoms with Crippen molar-refractivity contribution in [1.82, 2.24) is 14.8 Å². The van der Waals surface area contributed by atoms with Gasteiger partial charge in [-0.25, -0.2) is 4.39 Å². The van der Waals surface area contributed by atoms with Crippen LogP contribution in [0.1, 0.15) is 33.1 Å². The summed E-state index contributed by atoms with van der Waals surface area (Å²) in [6.07, 6.45) is 2.04. The van der Waals surface area contributed by atoms with E-state index in [0.29, 0.717) is 5.56 Å². The van der Waals surface area contributed by atoms with Crippen molar-refractivity contribution in [2.45, 2.75) is 12.6 Å². The highest BCUT2D eigenvalue weighted by molar-refractivity contribution is 6.02. The standard InChI is InChI=1S/C26H22FN3O2/c1-29-15-22(19-6-4-5-9-23(19)29)25-20-7-2-3-8-21(20)26(32)30(25)16-24(31)28-14-17-10-12-18(27)13-11-17/h2-13,15,25H,14,16H2,1H3,(H,28,31)/t25-/m1/s1. The zero-order chi connectivity index (χ0) is 22.2. The van der Waals surface area contributed by atoms with E-state index in [-0.39, 0.29) is 36.8 Å². The molecule has 5 nitrogen and oxygen atoms in total. The number of fused-ring (bicyclic) bond motifs is 2. The number of hydrogen-bond acceptors (Lipinski definition) is 2. The summed E-state index contributed by atoms with van der Waals surface area (Å²) in [5.74, 6) is -0.741. The fraction of sp³-hybridized carbons (Fsp3) is 0.154. The number of para-hydroxylation sites is 1. The lowest BCUT2D eigenvalue weighted by Crippen LogP contribution is -2.39. The summed E-state index contributed by atoms with van der Waals surface area (Å²) < 4.78 is 15.2. The van der Waals surface area contributed by atoms with Crippen LogP contribution in [0.5, 0.6) is 0 Å². The molecule has 2 heterocycles. The second kappa shape index (κ2) is 7.96. The monoisotopic (exact) mass is 427 g/mol. The van der Waals surface area contributed by atoms with Crippen LogP contribution in [0.15, 0.2) is 79.0 Å². The Morgan fingerprint density at radius 1 is 0.969 bits per heavy atom. The molecule has 6 heteroatoms. The molecule has 1 aliphatic heterocycles. The summed E-state index contributed by atoms with van der Waals surface area (Å²) in [5, 5.41) is 3.90. The lowest BCUT2D eigenvalue weighted by molar-refractivity contribution is -0.122. The number of carbonyl (C=O) groups excluding carboxylic acids is 2. The van der Waals surface area contributed by atoms with Gasteiger partial charge >= 0.3 is 0 Å².